The van der Waals surface area contributed by atoms with Crippen molar-refractivity contribution in [3.8, 4) is 11.8 Å². The van der Waals surface area contributed by atoms with Crippen molar-refractivity contribution in [1.29, 1.82) is 5.26 Å². The summed E-state index contributed by atoms with van der Waals surface area (Å²) in [6, 6.07) is 7.19. The second-order valence-corrected chi connectivity index (χ2v) is 4.82. The summed E-state index contributed by atoms with van der Waals surface area (Å²) in [6.45, 7) is 3.82. The number of benzene rings is 1. The summed E-state index contributed by atoms with van der Waals surface area (Å²) in [5.41, 5.74) is -0.0178. The summed E-state index contributed by atoms with van der Waals surface area (Å²) in [4.78, 5) is 10.6. The maximum Gasteiger partial charge on any atom is 0.313 e. The monoisotopic (exact) mass is 277 g/mol. The summed E-state index contributed by atoms with van der Waals surface area (Å²) in [5.74, 6) is 0.276. The Labute approximate surface area is 118 Å². The van der Waals surface area contributed by atoms with Gasteiger partial charge in [0.15, 0.2) is 5.75 Å². The van der Waals surface area contributed by atoms with Crippen molar-refractivity contribution in [1.82, 2.24) is 5.32 Å². The first-order valence-corrected chi connectivity index (χ1v) is 6.40. The van der Waals surface area contributed by atoms with Gasteiger partial charge in [0.25, 0.3) is 0 Å². The Balaban J connectivity index is 2.62. The van der Waals surface area contributed by atoms with Gasteiger partial charge in [-0.3, -0.25) is 10.1 Å². The largest absolute Gasteiger partial charge is 0.487 e. The normalized spacial score (nSPS) is 13.3. The zero-order valence-electron chi connectivity index (χ0n) is 12.0. The molecule has 0 spiro atoms. The molecule has 0 radical (unpaired) electrons. The van der Waals surface area contributed by atoms with E-state index in [0.29, 0.717) is 25.0 Å². The Bertz CT molecular complexity index is 525. The van der Waals surface area contributed by atoms with Crippen molar-refractivity contribution in [2.45, 2.75) is 32.2 Å². The molecule has 108 valence electrons. The number of ether oxygens (including phenoxy) is 1. The van der Waals surface area contributed by atoms with Crippen LogP contribution in [0.25, 0.3) is 0 Å². The van der Waals surface area contributed by atoms with Gasteiger partial charge in [0, 0.05) is 5.56 Å². The lowest BCUT2D eigenvalue weighted by atomic mass is 9.98. The first kappa shape index (κ1) is 15.9. The van der Waals surface area contributed by atoms with Crippen molar-refractivity contribution < 1.29 is 9.66 Å². The third kappa shape index (κ3) is 3.93. The molecule has 0 bridgehead atoms. The second kappa shape index (κ2) is 6.87. The third-order valence-electron chi connectivity index (χ3n) is 3.26. The summed E-state index contributed by atoms with van der Waals surface area (Å²) < 4.78 is 5.48. The van der Waals surface area contributed by atoms with Crippen LogP contribution < -0.4 is 10.1 Å². The summed E-state index contributed by atoms with van der Waals surface area (Å²) >= 11 is 0. The van der Waals surface area contributed by atoms with Crippen LogP contribution in [-0.4, -0.2) is 24.1 Å². The van der Waals surface area contributed by atoms with Crippen LogP contribution in [0, 0.1) is 28.4 Å². The van der Waals surface area contributed by atoms with E-state index in [0.717, 1.165) is 0 Å². The van der Waals surface area contributed by atoms with Gasteiger partial charge in [-0.2, -0.15) is 5.26 Å². The highest BCUT2D eigenvalue weighted by Crippen LogP contribution is 2.30. The molecule has 1 aromatic rings. The van der Waals surface area contributed by atoms with Gasteiger partial charge in [-0.1, -0.05) is 12.1 Å². The number of aryl methyl sites for hydroxylation is 1. The fraction of sp³-hybridized carbons (Fsp3) is 0.500. The topological polar surface area (TPSA) is 88.2 Å². The minimum absolute atomic E-state index is 0.00385. The molecule has 0 aliphatic carbocycles. The molecule has 1 unspecified atom stereocenters. The maximum atomic E-state index is 11.0. The quantitative estimate of drug-likeness (QED) is 0.470. The van der Waals surface area contributed by atoms with Crippen molar-refractivity contribution in [3.63, 3.8) is 0 Å². The number of nitrogens with zero attached hydrogens (tertiary/aromatic N) is 2. The minimum atomic E-state index is -0.595. The lowest BCUT2D eigenvalue weighted by Crippen LogP contribution is -2.38. The molecule has 20 heavy (non-hydrogen) atoms. The number of nitrogens with one attached hydrogen (secondary N) is 1. The Morgan fingerprint density at radius 2 is 2.25 bits per heavy atom. The number of para-hydroxylation sites is 1. The van der Waals surface area contributed by atoms with E-state index in [1.807, 2.05) is 6.92 Å². The van der Waals surface area contributed by atoms with Crippen LogP contribution in [0.5, 0.6) is 5.75 Å². The van der Waals surface area contributed by atoms with E-state index in [9.17, 15) is 10.1 Å². The molecule has 0 saturated heterocycles. The minimum Gasteiger partial charge on any atom is -0.487 e. The van der Waals surface area contributed by atoms with E-state index in [1.54, 1.807) is 32.2 Å². The van der Waals surface area contributed by atoms with E-state index in [2.05, 4.69) is 11.4 Å². The molecule has 0 aromatic heterocycles. The Kier molecular flexibility index (Phi) is 5.47. The fourth-order valence-electron chi connectivity index (χ4n) is 1.83. The van der Waals surface area contributed by atoms with Crippen LogP contribution in [-0.2, 0) is 0 Å². The van der Waals surface area contributed by atoms with E-state index < -0.39 is 10.5 Å². The molecule has 0 saturated carbocycles. The van der Waals surface area contributed by atoms with Gasteiger partial charge in [-0.05, 0) is 39.8 Å². The van der Waals surface area contributed by atoms with Crippen LogP contribution in [0.4, 0.5) is 5.69 Å². The third-order valence-corrected chi connectivity index (χ3v) is 3.26. The molecule has 1 rings (SSSR count). The zero-order chi connectivity index (χ0) is 15.2. The van der Waals surface area contributed by atoms with Gasteiger partial charge in [0.05, 0.1) is 17.6 Å². The highest BCUT2D eigenvalue weighted by Gasteiger charge is 2.21. The predicted molar refractivity (Wildman–Crippen MR) is 75.6 cm³/mol. The molecular weight excluding hydrogens is 258 g/mol. The van der Waals surface area contributed by atoms with Gasteiger partial charge < -0.3 is 10.1 Å². The van der Waals surface area contributed by atoms with Crippen molar-refractivity contribution in [2.75, 3.05) is 13.7 Å². The molecule has 6 heteroatoms. The van der Waals surface area contributed by atoms with Gasteiger partial charge >= 0.3 is 5.69 Å². The van der Waals surface area contributed by atoms with E-state index >= 15 is 0 Å². The highest BCUT2D eigenvalue weighted by atomic mass is 16.6. The molecule has 0 fully saturated rings. The maximum absolute atomic E-state index is 11.0. The standard InChI is InChI=1S/C14H19N3O3/c1-11-6-4-7-12(13(11)17(18)19)20-9-5-8-14(2,10-15)16-3/h4,6-7,16H,5,8-9H2,1-3H3. The molecule has 1 N–H and O–H groups in total. The van der Waals surface area contributed by atoms with E-state index in [-0.39, 0.29) is 11.4 Å². The first-order chi connectivity index (χ1) is 9.43. The zero-order valence-corrected chi connectivity index (χ0v) is 12.0. The summed E-state index contributed by atoms with van der Waals surface area (Å²) in [6.07, 6.45) is 1.25. The number of nitriles is 1. The van der Waals surface area contributed by atoms with Crippen LogP contribution in [0.1, 0.15) is 25.3 Å². The van der Waals surface area contributed by atoms with Crippen LogP contribution >= 0.6 is 0 Å². The Morgan fingerprint density at radius 1 is 1.55 bits per heavy atom. The van der Waals surface area contributed by atoms with Crippen molar-refractivity contribution in [3.05, 3.63) is 33.9 Å². The van der Waals surface area contributed by atoms with Gasteiger partial charge in [-0.25, -0.2) is 0 Å². The summed E-state index contributed by atoms with van der Waals surface area (Å²) in [7, 11) is 1.73. The fourth-order valence-corrected chi connectivity index (χ4v) is 1.83. The van der Waals surface area contributed by atoms with E-state index in [4.69, 9.17) is 10.00 Å². The molecule has 0 aliphatic heterocycles. The van der Waals surface area contributed by atoms with Crippen LogP contribution in [0.2, 0.25) is 0 Å². The van der Waals surface area contributed by atoms with Crippen LogP contribution in [0.3, 0.4) is 0 Å². The van der Waals surface area contributed by atoms with Gasteiger partial charge in [0.1, 0.15) is 5.54 Å². The number of nitro groups is 1. The van der Waals surface area contributed by atoms with Gasteiger partial charge in [0.2, 0.25) is 0 Å². The number of rotatable bonds is 7. The summed E-state index contributed by atoms with van der Waals surface area (Å²) in [5, 5.41) is 23.0. The Hall–Kier alpha value is -2.13. The van der Waals surface area contributed by atoms with Gasteiger partial charge in [-0.15, -0.1) is 0 Å². The van der Waals surface area contributed by atoms with Crippen LogP contribution in [0.15, 0.2) is 18.2 Å². The SMILES string of the molecule is CNC(C)(C#N)CCCOc1cccc(C)c1[N+](=O)[O-]. The number of nitro benzene ring substituents is 1. The number of hydrogen-bond acceptors (Lipinski definition) is 5. The highest BCUT2D eigenvalue weighted by molar-refractivity contribution is 5.51. The lowest BCUT2D eigenvalue weighted by Gasteiger charge is -2.20. The Morgan fingerprint density at radius 3 is 2.80 bits per heavy atom. The molecule has 1 aromatic carbocycles. The lowest BCUT2D eigenvalue weighted by molar-refractivity contribution is -0.386. The molecular formula is C14H19N3O3. The molecule has 1 atom stereocenters. The van der Waals surface area contributed by atoms with Crippen molar-refractivity contribution in [2.24, 2.45) is 0 Å². The average Bonchev–Trinajstić information content (AvgIpc) is 2.43. The number of hydrogen-bond donors (Lipinski definition) is 1. The predicted octanol–water partition coefficient (Wildman–Crippen LogP) is 2.56. The molecule has 0 amide bonds. The van der Waals surface area contributed by atoms with E-state index in [1.165, 1.54) is 0 Å². The molecule has 0 aliphatic rings. The van der Waals surface area contributed by atoms with Crippen molar-refractivity contribution >= 4 is 5.69 Å². The molecule has 6 nitrogen and oxygen atoms in total. The average molecular weight is 277 g/mol. The second-order valence-electron chi connectivity index (χ2n) is 4.82. The first-order valence-electron chi connectivity index (χ1n) is 6.40. The molecule has 0 heterocycles. The smallest absolute Gasteiger partial charge is 0.313 e.